The Morgan fingerprint density at radius 3 is 2.18 bits per heavy atom. The highest BCUT2D eigenvalue weighted by Crippen LogP contribution is 2.50. The molecule has 0 unspecified atom stereocenters. The molecule has 9 nitrogen and oxygen atoms in total. The molecule has 2 N–H and O–H groups in total. The Labute approximate surface area is 215 Å². The van der Waals surface area contributed by atoms with Gasteiger partial charge in [-0.1, -0.05) is 0 Å². The van der Waals surface area contributed by atoms with Crippen LogP contribution in [0.3, 0.4) is 0 Å². The maximum Gasteiger partial charge on any atom is 0.247 e. The average Bonchev–Trinajstić information content (AvgIpc) is 3.73. The van der Waals surface area contributed by atoms with Gasteiger partial charge in [0.15, 0.2) is 17.2 Å². The Bertz CT molecular complexity index is 1560. The third-order valence-electron chi connectivity index (χ3n) is 6.39. The third-order valence-corrected chi connectivity index (χ3v) is 6.39. The van der Waals surface area contributed by atoms with E-state index in [0.717, 1.165) is 29.2 Å². The van der Waals surface area contributed by atoms with Gasteiger partial charge >= 0.3 is 0 Å². The van der Waals surface area contributed by atoms with Crippen molar-refractivity contribution in [2.75, 3.05) is 19.1 Å². The van der Waals surface area contributed by atoms with Crippen molar-refractivity contribution in [3.63, 3.8) is 0 Å². The Morgan fingerprint density at radius 2 is 1.55 bits per heavy atom. The van der Waals surface area contributed by atoms with E-state index in [9.17, 15) is 18.4 Å². The molecule has 0 bridgehead atoms. The number of nitrogens with two attached hydrogens (primary N) is 1. The number of hydrogen-bond acceptors (Lipinski definition) is 7. The van der Waals surface area contributed by atoms with Crippen LogP contribution in [0.4, 0.5) is 20.2 Å². The maximum atomic E-state index is 14.6. The van der Waals surface area contributed by atoms with E-state index in [0.29, 0.717) is 22.4 Å². The summed E-state index contributed by atoms with van der Waals surface area (Å²) in [5.74, 6) is -1.70. The lowest BCUT2D eigenvalue weighted by Gasteiger charge is -2.28. The van der Waals surface area contributed by atoms with E-state index in [2.05, 4.69) is 9.97 Å². The zero-order valence-corrected chi connectivity index (χ0v) is 20.4. The number of methoxy groups -OCH3 is 2. The summed E-state index contributed by atoms with van der Waals surface area (Å²) in [7, 11) is 2.97. The molecule has 5 rings (SSSR count). The fraction of sp³-hybridized carbons (Fsp3) is 0.185. The Kier molecular flexibility index (Phi) is 6.27. The molecule has 0 atom stereocenters. The second-order valence-electron chi connectivity index (χ2n) is 8.68. The number of hydrogen-bond donors (Lipinski definition) is 1. The number of rotatable bonds is 8. The van der Waals surface area contributed by atoms with E-state index in [1.54, 1.807) is 12.1 Å². The van der Waals surface area contributed by atoms with E-state index in [-0.39, 0.29) is 35.8 Å². The number of ether oxygens (including phenoxy) is 3. The zero-order chi connectivity index (χ0) is 27.0. The van der Waals surface area contributed by atoms with Crippen LogP contribution in [0.15, 0.2) is 60.9 Å². The van der Waals surface area contributed by atoms with Gasteiger partial charge in [0.05, 0.1) is 30.8 Å². The van der Waals surface area contributed by atoms with Crippen LogP contribution in [0, 0.1) is 17.0 Å². The summed E-state index contributed by atoms with van der Waals surface area (Å²) in [5, 5.41) is 0.455. The smallest absolute Gasteiger partial charge is 0.247 e. The number of amides is 2. The number of aromatic nitrogens is 2. The lowest BCUT2D eigenvalue weighted by molar-refractivity contribution is -0.133. The van der Waals surface area contributed by atoms with Gasteiger partial charge in [-0.15, -0.1) is 0 Å². The molecule has 1 aliphatic rings. The number of primary amides is 1. The highest BCUT2D eigenvalue weighted by molar-refractivity contribution is 6.17. The van der Waals surface area contributed by atoms with Crippen molar-refractivity contribution < 1.29 is 32.6 Å². The van der Waals surface area contributed by atoms with E-state index in [1.165, 1.54) is 38.7 Å². The first-order chi connectivity index (χ1) is 18.3. The predicted molar refractivity (Wildman–Crippen MR) is 134 cm³/mol. The molecule has 0 aliphatic heterocycles. The molecule has 1 aliphatic carbocycles. The summed E-state index contributed by atoms with van der Waals surface area (Å²) in [6.45, 7) is 0. The van der Waals surface area contributed by atoms with Crippen molar-refractivity contribution in [3.05, 3.63) is 72.6 Å². The lowest BCUT2D eigenvalue weighted by Crippen LogP contribution is -2.41. The Morgan fingerprint density at radius 1 is 0.895 bits per heavy atom. The fourth-order valence-corrected chi connectivity index (χ4v) is 4.16. The number of halogens is 2. The lowest BCUT2D eigenvalue weighted by atomic mass is 10.0. The van der Waals surface area contributed by atoms with Gasteiger partial charge in [0.2, 0.25) is 17.7 Å². The predicted octanol–water partition coefficient (Wildman–Crippen LogP) is 4.65. The van der Waals surface area contributed by atoms with Gasteiger partial charge in [0.25, 0.3) is 0 Å². The molecule has 11 heteroatoms. The molecular formula is C27H22F2N4O5. The van der Waals surface area contributed by atoms with Gasteiger partial charge in [0, 0.05) is 17.8 Å². The standard InChI is InChI=1S/C27H22F2N4O5/c1-36-22-12-18-19(13-23(22)37-2)31-14-32-24(18)38-21-8-5-16(29)11-20(21)33(17-6-3-15(28)4-7-17)26(35)27(9-10-27)25(30)34/h3-8,11-14H,9-10H2,1-2H3,(H2,30,34). The molecule has 1 fully saturated rings. The van der Waals surface area contributed by atoms with E-state index in [1.807, 2.05) is 0 Å². The van der Waals surface area contributed by atoms with Crippen LogP contribution in [0.1, 0.15) is 12.8 Å². The number of carbonyl (C=O) groups excluding carboxylic acids is 2. The molecule has 1 aromatic heterocycles. The van der Waals surface area contributed by atoms with Crippen LogP contribution in [0.25, 0.3) is 10.9 Å². The Balaban J connectivity index is 1.66. The first kappa shape index (κ1) is 24.9. The molecule has 0 radical (unpaired) electrons. The van der Waals surface area contributed by atoms with Gasteiger partial charge in [-0.3, -0.25) is 14.5 Å². The second kappa shape index (κ2) is 9.58. The monoisotopic (exact) mass is 520 g/mol. The SMILES string of the molecule is COc1cc2ncnc(Oc3ccc(F)cc3N(C(=O)C3(C(N)=O)CC3)c3ccc(F)cc3)c2cc1OC. The molecular weight excluding hydrogens is 498 g/mol. The minimum absolute atomic E-state index is 0.0265. The van der Waals surface area contributed by atoms with Gasteiger partial charge in [-0.05, 0) is 55.3 Å². The van der Waals surface area contributed by atoms with Crippen LogP contribution in [-0.4, -0.2) is 36.0 Å². The van der Waals surface area contributed by atoms with Crippen molar-refractivity contribution in [3.8, 4) is 23.1 Å². The second-order valence-corrected chi connectivity index (χ2v) is 8.68. The Hall–Kier alpha value is -4.80. The molecule has 1 heterocycles. The molecule has 0 spiro atoms. The van der Waals surface area contributed by atoms with Gasteiger partial charge in [-0.25, -0.2) is 18.7 Å². The summed E-state index contributed by atoms with van der Waals surface area (Å²) in [6.07, 6.45) is 1.76. The van der Waals surface area contributed by atoms with Crippen LogP contribution in [-0.2, 0) is 9.59 Å². The van der Waals surface area contributed by atoms with Gasteiger partial charge in [-0.2, -0.15) is 0 Å². The molecule has 2 amide bonds. The summed E-state index contributed by atoms with van der Waals surface area (Å²) < 4.78 is 45.2. The van der Waals surface area contributed by atoms with E-state index < -0.39 is 28.9 Å². The van der Waals surface area contributed by atoms with Crippen LogP contribution in [0.2, 0.25) is 0 Å². The summed E-state index contributed by atoms with van der Waals surface area (Å²) in [4.78, 5) is 35.5. The average molecular weight is 520 g/mol. The number of nitrogens with zero attached hydrogens (tertiary/aromatic N) is 3. The van der Waals surface area contributed by atoms with Crippen LogP contribution in [0.5, 0.6) is 23.1 Å². The number of carbonyl (C=O) groups is 2. The maximum absolute atomic E-state index is 14.6. The van der Waals surface area contributed by atoms with Crippen molar-refractivity contribution in [2.24, 2.45) is 11.1 Å². The first-order valence-corrected chi connectivity index (χ1v) is 11.5. The molecule has 194 valence electrons. The van der Waals surface area contributed by atoms with Crippen LogP contribution < -0.4 is 24.8 Å². The summed E-state index contributed by atoms with van der Waals surface area (Å²) in [5.41, 5.74) is 4.76. The molecule has 0 saturated heterocycles. The molecule has 3 aromatic carbocycles. The van der Waals surface area contributed by atoms with Crippen molar-refractivity contribution in [2.45, 2.75) is 12.8 Å². The zero-order valence-electron chi connectivity index (χ0n) is 20.4. The molecule has 4 aromatic rings. The van der Waals surface area contributed by atoms with Crippen molar-refractivity contribution in [1.82, 2.24) is 9.97 Å². The number of fused-ring (bicyclic) bond motifs is 1. The fourth-order valence-electron chi connectivity index (χ4n) is 4.16. The van der Waals surface area contributed by atoms with Crippen molar-refractivity contribution in [1.29, 1.82) is 0 Å². The highest BCUT2D eigenvalue weighted by atomic mass is 19.1. The summed E-state index contributed by atoms with van der Waals surface area (Å²) >= 11 is 0. The normalized spacial score (nSPS) is 13.6. The number of benzene rings is 3. The first-order valence-electron chi connectivity index (χ1n) is 11.5. The van der Waals surface area contributed by atoms with Gasteiger partial charge in [0.1, 0.15) is 23.4 Å². The molecule has 1 saturated carbocycles. The van der Waals surface area contributed by atoms with Crippen LogP contribution >= 0.6 is 0 Å². The van der Waals surface area contributed by atoms with Gasteiger partial charge < -0.3 is 19.9 Å². The largest absolute Gasteiger partial charge is 0.493 e. The topological polar surface area (TPSA) is 117 Å². The third kappa shape index (κ3) is 4.32. The van der Waals surface area contributed by atoms with Crippen molar-refractivity contribution >= 4 is 34.1 Å². The van der Waals surface area contributed by atoms with E-state index in [4.69, 9.17) is 19.9 Å². The summed E-state index contributed by atoms with van der Waals surface area (Å²) in [6, 6.07) is 11.8. The minimum atomic E-state index is -1.45. The highest BCUT2D eigenvalue weighted by Gasteiger charge is 2.57. The molecule has 38 heavy (non-hydrogen) atoms. The quantitative estimate of drug-likeness (QED) is 0.336. The number of anilines is 2. The minimum Gasteiger partial charge on any atom is -0.493 e. The van der Waals surface area contributed by atoms with E-state index >= 15 is 0 Å².